The van der Waals surface area contributed by atoms with E-state index in [9.17, 15) is 14.4 Å². The van der Waals surface area contributed by atoms with E-state index in [-0.39, 0.29) is 36.9 Å². The number of ether oxygens (including phenoxy) is 1. The fourth-order valence-electron chi connectivity index (χ4n) is 2.45. The van der Waals surface area contributed by atoms with Gasteiger partial charge in [-0.15, -0.1) is 0 Å². The van der Waals surface area contributed by atoms with Crippen molar-refractivity contribution in [2.75, 3.05) is 25.0 Å². The van der Waals surface area contributed by atoms with E-state index in [1.165, 1.54) is 4.90 Å². The van der Waals surface area contributed by atoms with Crippen molar-refractivity contribution < 1.29 is 19.1 Å². The number of carbonyl (C=O) groups is 3. The number of nitrogens with zero attached hydrogens (tertiary/aromatic N) is 1. The van der Waals surface area contributed by atoms with Crippen LogP contribution in [0.2, 0.25) is 5.02 Å². The first-order valence-electron chi connectivity index (χ1n) is 8.32. The fourth-order valence-corrected chi connectivity index (χ4v) is 2.62. The van der Waals surface area contributed by atoms with Crippen molar-refractivity contribution in [2.24, 2.45) is 11.8 Å². The molecule has 2 amide bonds. The predicted molar refractivity (Wildman–Crippen MR) is 95.3 cm³/mol. The normalized spacial score (nSPS) is 18.4. The average molecular weight is 367 g/mol. The lowest BCUT2D eigenvalue weighted by Gasteiger charge is -2.20. The van der Waals surface area contributed by atoms with Crippen molar-refractivity contribution >= 4 is 35.1 Å². The summed E-state index contributed by atoms with van der Waals surface area (Å²) in [6.07, 6.45) is 0.811. The Kier molecular flexibility index (Phi) is 6.42. The summed E-state index contributed by atoms with van der Waals surface area (Å²) in [5.74, 6) is -0.811. The zero-order valence-electron chi connectivity index (χ0n) is 14.7. The van der Waals surface area contributed by atoms with Gasteiger partial charge in [-0.2, -0.15) is 0 Å². The van der Waals surface area contributed by atoms with E-state index >= 15 is 0 Å². The number of esters is 1. The Morgan fingerprint density at radius 1 is 1.36 bits per heavy atom. The van der Waals surface area contributed by atoms with Crippen LogP contribution in [-0.4, -0.2) is 42.4 Å². The minimum Gasteiger partial charge on any atom is -0.455 e. The Morgan fingerprint density at radius 3 is 2.64 bits per heavy atom. The molecule has 2 rings (SSSR count). The van der Waals surface area contributed by atoms with Crippen LogP contribution in [0.4, 0.5) is 5.69 Å². The summed E-state index contributed by atoms with van der Waals surface area (Å²) in [4.78, 5) is 37.4. The molecule has 1 aromatic carbocycles. The maximum Gasteiger partial charge on any atom is 0.309 e. The van der Waals surface area contributed by atoms with Gasteiger partial charge >= 0.3 is 5.97 Å². The number of likely N-dealkylation sites (N-methyl/N-ethyl adjacent to an activating group) is 1. The van der Waals surface area contributed by atoms with Crippen LogP contribution in [0, 0.1) is 18.8 Å². The molecule has 1 saturated carbocycles. The van der Waals surface area contributed by atoms with E-state index in [1.807, 2.05) is 13.8 Å². The van der Waals surface area contributed by atoms with Gasteiger partial charge in [-0.25, -0.2) is 0 Å². The third-order valence-electron chi connectivity index (χ3n) is 4.29. The molecule has 136 valence electrons. The van der Waals surface area contributed by atoms with Crippen molar-refractivity contribution in [3.8, 4) is 0 Å². The molecule has 0 bridgehead atoms. The van der Waals surface area contributed by atoms with E-state index < -0.39 is 0 Å². The summed E-state index contributed by atoms with van der Waals surface area (Å²) in [6, 6.07) is 5.20. The van der Waals surface area contributed by atoms with E-state index in [1.54, 1.807) is 25.1 Å². The van der Waals surface area contributed by atoms with Crippen molar-refractivity contribution in [1.82, 2.24) is 4.90 Å². The van der Waals surface area contributed by atoms with Crippen molar-refractivity contribution in [3.63, 3.8) is 0 Å². The summed E-state index contributed by atoms with van der Waals surface area (Å²) >= 11 is 5.93. The van der Waals surface area contributed by atoms with E-state index in [0.29, 0.717) is 23.2 Å². The van der Waals surface area contributed by atoms with Crippen LogP contribution >= 0.6 is 11.6 Å². The smallest absolute Gasteiger partial charge is 0.309 e. The van der Waals surface area contributed by atoms with Gasteiger partial charge in [0, 0.05) is 17.3 Å². The number of hydrogen-bond acceptors (Lipinski definition) is 4. The second-order valence-corrected chi connectivity index (χ2v) is 6.78. The number of rotatable bonds is 7. The molecule has 0 heterocycles. The summed E-state index contributed by atoms with van der Waals surface area (Å²) < 4.78 is 5.04. The van der Waals surface area contributed by atoms with Gasteiger partial charge in [0.05, 0.1) is 12.5 Å². The van der Waals surface area contributed by atoms with Crippen molar-refractivity contribution in [1.29, 1.82) is 0 Å². The largest absolute Gasteiger partial charge is 0.455 e. The second-order valence-electron chi connectivity index (χ2n) is 6.34. The molecule has 1 aromatic rings. The quantitative estimate of drug-likeness (QED) is 0.753. The zero-order chi connectivity index (χ0) is 18.6. The number of hydrogen-bond donors (Lipinski definition) is 1. The number of anilines is 1. The molecule has 0 aliphatic heterocycles. The SMILES string of the molecule is CCN(CC(=O)Nc1cc(Cl)ccc1C)C(=O)COC(=O)[C@@H]1C[C@H]1C. The lowest BCUT2D eigenvalue weighted by atomic mass is 10.2. The van der Waals surface area contributed by atoms with E-state index in [0.717, 1.165) is 12.0 Å². The summed E-state index contributed by atoms with van der Waals surface area (Å²) in [6.45, 7) is 5.48. The van der Waals surface area contributed by atoms with Gasteiger partial charge in [-0.05, 0) is 43.9 Å². The highest BCUT2D eigenvalue weighted by molar-refractivity contribution is 6.31. The fraction of sp³-hybridized carbons (Fsp3) is 0.500. The minimum absolute atomic E-state index is 0.0861. The highest BCUT2D eigenvalue weighted by atomic mass is 35.5. The Morgan fingerprint density at radius 2 is 2.04 bits per heavy atom. The molecule has 0 saturated heterocycles. The number of halogens is 1. The monoisotopic (exact) mass is 366 g/mol. The van der Waals surface area contributed by atoms with Gasteiger partial charge in [0.1, 0.15) is 0 Å². The maximum atomic E-state index is 12.2. The first-order chi connectivity index (χ1) is 11.8. The first-order valence-corrected chi connectivity index (χ1v) is 8.70. The Balaban J connectivity index is 1.85. The number of amides is 2. The summed E-state index contributed by atoms with van der Waals surface area (Å²) in [5, 5.41) is 3.26. The van der Waals surface area contributed by atoms with Gasteiger partial charge in [0.15, 0.2) is 6.61 Å². The van der Waals surface area contributed by atoms with E-state index in [4.69, 9.17) is 16.3 Å². The molecule has 0 spiro atoms. The molecule has 1 N–H and O–H groups in total. The minimum atomic E-state index is -0.387. The molecule has 0 aromatic heterocycles. The van der Waals surface area contributed by atoms with Gasteiger partial charge in [0.2, 0.25) is 5.91 Å². The molecule has 0 unspecified atom stereocenters. The molecular weight excluding hydrogens is 344 g/mol. The molecule has 0 radical (unpaired) electrons. The molecule has 7 heteroatoms. The Hall–Kier alpha value is -2.08. The molecule has 2 atom stereocenters. The van der Waals surface area contributed by atoms with Crippen molar-refractivity contribution in [3.05, 3.63) is 28.8 Å². The molecule has 1 aliphatic rings. The first kappa shape index (κ1) is 19.2. The van der Waals surface area contributed by atoms with Crippen LogP contribution in [0.15, 0.2) is 18.2 Å². The highest BCUT2D eigenvalue weighted by Crippen LogP contribution is 2.38. The van der Waals surface area contributed by atoms with Crippen LogP contribution in [0.5, 0.6) is 0 Å². The van der Waals surface area contributed by atoms with Crippen molar-refractivity contribution in [2.45, 2.75) is 27.2 Å². The summed E-state index contributed by atoms with van der Waals surface area (Å²) in [7, 11) is 0. The lowest BCUT2D eigenvalue weighted by molar-refractivity contribution is -0.153. The molecule has 25 heavy (non-hydrogen) atoms. The van der Waals surface area contributed by atoms with Crippen LogP contribution in [-0.2, 0) is 19.1 Å². The van der Waals surface area contributed by atoms with Crippen LogP contribution in [0.25, 0.3) is 0 Å². The van der Waals surface area contributed by atoms with Gasteiger partial charge in [-0.3, -0.25) is 14.4 Å². The molecule has 1 fully saturated rings. The van der Waals surface area contributed by atoms with Gasteiger partial charge in [0.25, 0.3) is 5.91 Å². The Labute approximate surface area is 152 Å². The third-order valence-corrected chi connectivity index (χ3v) is 4.53. The number of nitrogens with one attached hydrogen (secondary N) is 1. The average Bonchev–Trinajstić information content (AvgIpc) is 3.30. The predicted octanol–water partition coefficient (Wildman–Crippen LogP) is 2.63. The number of carbonyl (C=O) groups excluding carboxylic acids is 3. The standard InChI is InChI=1S/C18H23ClN2O4/c1-4-21(17(23)10-25-18(24)14-7-12(14)3)9-16(22)20-15-8-13(19)6-5-11(15)2/h5-6,8,12,14H,4,7,9-10H2,1-3H3,(H,20,22)/t12-,14-/m1/s1. The number of aryl methyl sites for hydroxylation is 1. The second kappa shape index (κ2) is 8.34. The lowest BCUT2D eigenvalue weighted by Crippen LogP contribution is -2.40. The molecule has 1 aliphatic carbocycles. The van der Waals surface area contributed by atoms with Crippen LogP contribution in [0.3, 0.4) is 0 Å². The maximum absolute atomic E-state index is 12.2. The summed E-state index contributed by atoms with van der Waals surface area (Å²) in [5.41, 5.74) is 1.48. The van der Waals surface area contributed by atoms with Gasteiger partial charge < -0.3 is 15.0 Å². The topological polar surface area (TPSA) is 75.7 Å². The molecule has 6 nitrogen and oxygen atoms in total. The Bertz CT molecular complexity index is 677. The molecular formula is C18H23ClN2O4. The van der Waals surface area contributed by atoms with E-state index in [2.05, 4.69) is 5.32 Å². The van der Waals surface area contributed by atoms with Gasteiger partial charge in [-0.1, -0.05) is 24.6 Å². The number of benzene rings is 1. The highest BCUT2D eigenvalue weighted by Gasteiger charge is 2.40. The third kappa shape index (κ3) is 5.46. The zero-order valence-corrected chi connectivity index (χ0v) is 15.4. The van der Waals surface area contributed by atoms with Crippen LogP contribution < -0.4 is 5.32 Å². The van der Waals surface area contributed by atoms with Crippen LogP contribution in [0.1, 0.15) is 25.8 Å².